The van der Waals surface area contributed by atoms with Crippen LogP contribution in [0.25, 0.3) is 0 Å². The van der Waals surface area contributed by atoms with Crippen LogP contribution in [0.3, 0.4) is 0 Å². The number of sulfonamides is 1. The van der Waals surface area contributed by atoms with Gasteiger partial charge in [0.25, 0.3) is 0 Å². The number of nitrogens with one attached hydrogen (secondary N) is 3. The van der Waals surface area contributed by atoms with Crippen molar-refractivity contribution in [2.75, 3.05) is 39.8 Å². The number of guanidine groups is 1. The topological polar surface area (TPSA) is 85.8 Å². The number of rotatable bonds is 9. The molecule has 0 aliphatic carbocycles. The quantitative estimate of drug-likeness (QED) is 0.331. The van der Waals surface area contributed by atoms with Crippen LogP contribution in [-0.2, 0) is 10.0 Å². The second-order valence-electron chi connectivity index (χ2n) is 6.35. The predicted octanol–water partition coefficient (Wildman–Crippen LogP) is 1.46. The van der Waals surface area contributed by atoms with Gasteiger partial charge in [0.2, 0.25) is 10.0 Å². The summed E-state index contributed by atoms with van der Waals surface area (Å²) < 4.78 is 27.0. The van der Waals surface area contributed by atoms with Gasteiger partial charge in [0, 0.05) is 39.3 Å². The first-order valence-corrected chi connectivity index (χ1v) is 11.6. The van der Waals surface area contributed by atoms with Crippen molar-refractivity contribution in [2.45, 2.75) is 42.9 Å². The summed E-state index contributed by atoms with van der Waals surface area (Å²) in [7, 11) is -1.68. The summed E-state index contributed by atoms with van der Waals surface area (Å²) in [6.45, 7) is 6.06. The highest BCUT2D eigenvalue weighted by Crippen LogP contribution is 2.18. The van der Waals surface area contributed by atoms with Gasteiger partial charge in [0.05, 0.1) is 0 Å². The SMILES string of the molecule is CCC1CCCCN1CCNC(=NC)NCCNS(=O)(=O)c1cccs1. The number of thiophene rings is 1. The summed E-state index contributed by atoms with van der Waals surface area (Å²) in [5, 5.41) is 8.21. The monoisotopic (exact) mass is 401 g/mol. The Morgan fingerprint density at radius 1 is 1.31 bits per heavy atom. The van der Waals surface area contributed by atoms with Crippen LogP contribution in [-0.4, -0.2) is 65.1 Å². The third-order valence-corrected chi connectivity index (χ3v) is 7.46. The molecule has 1 aromatic heterocycles. The van der Waals surface area contributed by atoms with E-state index in [-0.39, 0.29) is 0 Å². The third-order valence-electron chi connectivity index (χ3n) is 4.60. The van der Waals surface area contributed by atoms with Crippen LogP contribution in [0.2, 0.25) is 0 Å². The van der Waals surface area contributed by atoms with E-state index in [0.29, 0.717) is 29.3 Å². The van der Waals surface area contributed by atoms with E-state index in [2.05, 4.69) is 32.2 Å². The highest BCUT2D eigenvalue weighted by molar-refractivity contribution is 7.91. The molecule has 1 aromatic rings. The van der Waals surface area contributed by atoms with Crippen molar-refractivity contribution in [3.05, 3.63) is 17.5 Å². The Kier molecular flexibility index (Phi) is 8.83. The van der Waals surface area contributed by atoms with Gasteiger partial charge in [-0.05, 0) is 37.3 Å². The van der Waals surface area contributed by atoms with E-state index >= 15 is 0 Å². The first kappa shape index (κ1) is 21.1. The number of piperidine rings is 1. The zero-order valence-corrected chi connectivity index (χ0v) is 17.3. The molecule has 2 rings (SSSR count). The maximum absolute atomic E-state index is 12.0. The molecule has 0 bridgehead atoms. The van der Waals surface area contributed by atoms with Crippen molar-refractivity contribution < 1.29 is 8.42 Å². The lowest BCUT2D eigenvalue weighted by Crippen LogP contribution is -2.46. The average Bonchev–Trinajstić information content (AvgIpc) is 3.19. The van der Waals surface area contributed by atoms with Crippen LogP contribution < -0.4 is 15.4 Å². The number of aliphatic imine (C=N–C) groups is 1. The van der Waals surface area contributed by atoms with Gasteiger partial charge in [0.1, 0.15) is 4.21 Å². The summed E-state index contributed by atoms with van der Waals surface area (Å²) >= 11 is 1.21. The van der Waals surface area contributed by atoms with Crippen molar-refractivity contribution in [1.29, 1.82) is 0 Å². The fourth-order valence-electron chi connectivity index (χ4n) is 3.21. The minimum atomic E-state index is -3.40. The van der Waals surface area contributed by atoms with Gasteiger partial charge in [0.15, 0.2) is 5.96 Å². The van der Waals surface area contributed by atoms with Crippen LogP contribution in [0.1, 0.15) is 32.6 Å². The fraction of sp³-hybridized carbons (Fsp3) is 0.706. The summed E-state index contributed by atoms with van der Waals surface area (Å²) in [4.78, 5) is 6.75. The molecule has 7 nitrogen and oxygen atoms in total. The molecule has 0 aromatic carbocycles. The maximum atomic E-state index is 12.0. The molecule has 0 radical (unpaired) electrons. The van der Waals surface area contributed by atoms with Crippen molar-refractivity contribution in [1.82, 2.24) is 20.3 Å². The molecule has 26 heavy (non-hydrogen) atoms. The van der Waals surface area contributed by atoms with Crippen molar-refractivity contribution in [3.63, 3.8) is 0 Å². The normalized spacial score (nSPS) is 19.5. The van der Waals surface area contributed by atoms with Crippen molar-refractivity contribution in [2.24, 2.45) is 4.99 Å². The minimum absolute atomic E-state index is 0.310. The lowest BCUT2D eigenvalue weighted by Gasteiger charge is -2.35. The number of likely N-dealkylation sites (tertiary alicyclic amines) is 1. The third kappa shape index (κ3) is 6.53. The molecular formula is C17H31N5O2S2. The standard InChI is InChI=1S/C17H31N5O2S2/c1-3-15-7-4-5-12-22(15)13-11-20-17(18-2)19-9-10-21-26(23,24)16-8-6-14-25-16/h6,8,14-15,21H,3-5,7,9-13H2,1-2H3,(H2,18,19,20). The number of hydrogen-bond donors (Lipinski definition) is 3. The van der Waals surface area contributed by atoms with E-state index in [1.807, 2.05) is 0 Å². The molecule has 1 aliphatic rings. The molecule has 1 aliphatic heterocycles. The molecule has 1 atom stereocenters. The Labute approximate surface area is 161 Å². The molecule has 148 valence electrons. The van der Waals surface area contributed by atoms with Crippen molar-refractivity contribution >= 4 is 27.3 Å². The second kappa shape index (κ2) is 10.9. The lowest BCUT2D eigenvalue weighted by atomic mass is 10.0. The maximum Gasteiger partial charge on any atom is 0.250 e. The Bertz CT molecular complexity index is 646. The van der Waals surface area contributed by atoms with Gasteiger partial charge in [-0.1, -0.05) is 19.4 Å². The van der Waals surface area contributed by atoms with E-state index in [9.17, 15) is 8.42 Å². The summed E-state index contributed by atoms with van der Waals surface area (Å²) in [5.41, 5.74) is 0. The van der Waals surface area contributed by atoms with Gasteiger partial charge < -0.3 is 10.6 Å². The zero-order chi connectivity index (χ0) is 18.8. The summed E-state index contributed by atoms with van der Waals surface area (Å²) in [6.07, 6.45) is 5.13. The molecule has 1 saturated heterocycles. The molecule has 1 fully saturated rings. The molecule has 3 N–H and O–H groups in total. The molecule has 0 spiro atoms. The van der Waals surface area contributed by atoms with E-state index in [1.54, 1.807) is 24.6 Å². The van der Waals surface area contributed by atoms with Crippen LogP contribution in [0.5, 0.6) is 0 Å². The van der Waals surface area contributed by atoms with Crippen LogP contribution in [0, 0.1) is 0 Å². The smallest absolute Gasteiger partial charge is 0.250 e. The number of nitrogens with zero attached hydrogens (tertiary/aromatic N) is 2. The lowest BCUT2D eigenvalue weighted by molar-refractivity contribution is 0.147. The summed E-state index contributed by atoms with van der Waals surface area (Å²) in [6, 6.07) is 4.03. The molecule has 2 heterocycles. The molecular weight excluding hydrogens is 370 g/mol. The Hall–Kier alpha value is -1.16. The minimum Gasteiger partial charge on any atom is -0.355 e. The first-order valence-electron chi connectivity index (χ1n) is 9.28. The Morgan fingerprint density at radius 2 is 2.12 bits per heavy atom. The van der Waals surface area contributed by atoms with Crippen LogP contribution in [0.15, 0.2) is 26.7 Å². The molecule has 1 unspecified atom stereocenters. The van der Waals surface area contributed by atoms with Gasteiger partial charge in [-0.25, -0.2) is 13.1 Å². The largest absolute Gasteiger partial charge is 0.355 e. The Balaban J connectivity index is 1.65. The van der Waals surface area contributed by atoms with E-state index < -0.39 is 10.0 Å². The molecule has 9 heteroatoms. The van der Waals surface area contributed by atoms with Gasteiger partial charge in [-0.2, -0.15) is 0 Å². The Morgan fingerprint density at radius 3 is 2.81 bits per heavy atom. The van der Waals surface area contributed by atoms with E-state index in [0.717, 1.165) is 13.1 Å². The van der Waals surface area contributed by atoms with E-state index in [4.69, 9.17) is 0 Å². The van der Waals surface area contributed by atoms with Gasteiger partial charge in [-0.15, -0.1) is 11.3 Å². The second-order valence-corrected chi connectivity index (χ2v) is 9.29. The zero-order valence-electron chi connectivity index (χ0n) is 15.7. The van der Waals surface area contributed by atoms with Crippen LogP contribution >= 0.6 is 11.3 Å². The average molecular weight is 402 g/mol. The van der Waals surface area contributed by atoms with Crippen molar-refractivity contribution in [3.8, 4) is 0 Å². The highest BCUT2D eigenvalue weighted by Gasteiger charge is 2.20. The number of hydrogen-bond acceptors (Lipinski definition) is 5. The molecule has 0 saturated carbocycles. The van der Waals surface area contributed by atoms with Gasteiger partial charge in [-0.3, -0.25) is 9.89 Å². The first-order chi connectivity index (χ1) is 12.6. The van der Waals surface area contributed by atoms with E-state index in [1.165, 1.54) is 43.6 Å². The highest BCUT2D eigenvalue weighted by atomic mass is 32.2. The predicted molar refractivity (Wildman–Crippen MR) is 108 cm³/mol. The summed E-state index contributed by atoms with van der Waals surface area (Å²) in [5.74, 6) is 0.699. The fourth-order valence-corrected chi connectivity index (χ4v) is 5.28. The van der Waals surface area contributed by atoms with Gasteiger partial charge >= 0.3 is 0 Å². The van der Waals surface area contributed by atoms with Crippen LogP contribution in [0.4, 0.5) is 0 Å². The molecule has 0 amide bonds.